The van der Waals surface area contributed by atoms with E-state index in [0.717, 1.165) is 44.5 Å². The minimum atomic E-state index is -0.380. The van der Waals surface area contributed by atoms with Gasteiger partial charge in [-0.05, 0) is 24.3 Å². The fourth-order valence-corrected chi connectivity index (χ4v) is 5.46. The summed E-state index contributed by atoms with van der Waals surface area (Å²) in [6.07, 6.45) is 9.15. The minimum absolute atomic E-state index is 0.00694. The molecule has 3 aliphatic rings. The second-order valence-electron chi connectivity index (χ2n) is 9.89. The molecule has 0 saturated heterocycles. The number of nitrogens with zero attached hydrogens (tertiary/aromatic N) is 5. The zero-order valence-electron chi connectivity index (χ0n) is 21.5. The van der Waals surface area contributed by atoms with Crippen LogP contribution in [-0.4, -0.2) is 48.2 Å². The second-order valence-corrected chi connectivity index (χ2v) is 11.8. The summed E-state index contributed by atoms with van der Waals surface area (Å²) in [4.78, 5) is 17.6. The van der Waals surface area contributed by atoms with Gasteiger partial charge in [0, 0.05) is 5.69 Å². The van der Waals surface area contributed by atoms with Crippen LogP contribution in [0.3, 0.4) is 0 Å². The molecule has 209 valence electrons. The Balaban J connectivity index is 0.00000107. The van der Waals surface area contributed by atoms with Crippen molar-refractivity contribution >= 4 is 26.2 Å². The molecule has 0 radical (unpaired) electrons. The van der Waals surface area contributed by atoms with E-state index in [2.05, 4.69) is 0 Å². The molecule has 10 heteroatoms. The summed E-state index contributed by atoms with van der Waals surface area (Å²) in [7, 11) is 9.59. The van der Waals surface area contributed by atoms with Gasteiger partial charge in [-0.1, -0.05) is 69.6 Å². The van der Waals surface area contributed by atoms with Crippen LogP contribution in [0.1, 0.15) is 73.1 Å². The van der Waals surface area contributed by atoms with Crippen molar-refractivity contribution in [3.05, 3.63) is 80.7 Å². The first-order chi connectivity index (χ1) is 18.7. The standard InChI is InChI=1S/C28H35N5O2.2ClH.Mn/c34-28(20-8-2-1-3-9-20)35-27-15-14-21-18-31-24-12-6-4-10-22(24)29-16-17-30-23-11-5-7-13-25(23)32-19-26(27)33-21;;;/h1-3,8-9,14-15,22-25H,4-7,10-13,16-19H2;2*1H;/q-4;;;+2/p-2/t22?,23-,24?,25-;;;/m1.../s1. The summed E-state index contributed by atoms with van der Waals surface area (Å²) < 4.78 is 5.79. The number of halogens is 2. The van der Waals surface area contributed by atoms with Crippen molar-refractivity contribution in [3.8, 4) is 5.75 Å². The molecule has 38 heavy (non-hydrogen) atoms. The molecule has 7 nitrogen and oxygen atoms in total. The zero-order valence-corrected chi connectivity index (χ0v) is 24.2. The van der Waals surface area contributed by atoms with Gasteiger partial charge in [0.15, 0.2) is 5.75 Å². The molecule has 2 aliphatic carbocycles. The number of rotatable bonds is 2. The fourth-order valence-electron chi connectivity index (χ4n) is 5.46. The van der Waals surface area contributed by atoms with E-state index in [1.54, 1.807) is 12.1 Å². The van der Waals surface area contributed by atoms with Crippen LogP contribution in [0.25, 0.3) is 21.3 Å². The van der Waals surface area contributed by atoms with Crippen LogP contribution in [0.15, 0.2) is 42.5 Å². The number of benzene rings is 1. The third-order valence-electron chi connectivity index (χ3n) is 7.38. The van der Waals surface area contributed by atoms with Gasteiger partial charge in [0.2, 0.25) is 0 Å². The number of aromatic nitrogens is 1. The van der Waals surface area contributed by atoms with Gasteiger partial charge in [-0.3, -0.25) is 4.98 Å². The zero-order chi connectivity index (χ0) is 26.6. The number of pyridine rings is 1. The molecule has 0 amide bonds. The molecule has 4 atom stereocenters. The van der Waals surface area contributed by atoms with Gasteiger partial charge in [-0.25, -0.2) is 4.79 Å². The van der Waals surface area contributed by atoms with E-state index in [1.165, 1.54) is 25.7 Å². The Hall–Kier alpha value is -1.22. The second kappa shape index (κ2) is 16.1. The first-order valence-electron chi connectivity index (χ1n) is 13.5. The molecule has 1 aromatic heterocycles. The van der Waals surface area contributed by atoms with Crippen molar-refractivity contribution in [1.29, 1.82) is 0 Å². The van der Waals surface area contributed by atoms with Crippen LogP contribution < -0.4 is 4.74 Å². The average Bonchev–Trinajstić information content (AvgIpc) is 2.96. The number of carbonyl (C=O) groups is 1. The summed E-state index contributed by atoms with van der Waals surface area (Å²) in [5, 5.41) is 20.1. The van der Waals surface area contributed by atoms with Crippen LogP contribution in [0, 0.1) is 0 Å². The Labute approximate surface area is 241 Å². The van der Waals surface area contributed by atoms with Gasteiger partial charge in [0.1, 0.15) is 0 Å². The molecule has 0 N–H and O–H groups in total. The Morgan fingerprint density at radius 1 is 0.763 bits per heavy atom. The first kappa shape index (κ1) is 29.8. The van der Waals surface area contributed by atoms with E-state index in [4.69, 9.17) is 51.2 Å². The van der Waals surface area contributed by atoms with Crippen LogP contribution in [0.4, 0.5) is 0 Å². The Kier molecular flexibility index (Phi) is 12.6. The van der Waals surface area contributed by atoms with Crippen molar-refractivity contribution in [2.45, 2.75) is 88.6 Å². The average molecular weight is 599 g/mol. The normalized spacial score (nSPS) is 26.3. The predicted molar refractivity (Wildman–Crippen MR) is 150 cm³/mol. The third-order valence-corrected chi connectivity index (χ3v) is 7.38. The summed E-state index contributed by atoms with van der Waals surface area (Å²) >= 11 is 0.00694. The van der Waals surface area contributed by atoms with E-state index < -0.39 is 0 Å². The number of hydrogen-bond donors (Lipinski definition) is 0. The van der Waals surface area contributed by atoms with Crippen LogP contribution in [0.5, 0.6) is 5.75 Å². The fraction of sp³-hybridized carbons (Fsp3) is 0.571. The van der Waals surface area contributed by atoms with Gasteiger partial charge in [0.05, 0.1) is 11.3 Å². The third kappa shape index (κ3) is 8.90. The Bertz CT molecular complexity index is 1000. The van der Waals surface area contributed by atoms with Crippen LogP contribution in [0.2, 0.25) is 0 Å². The molecule has 2 heterocycles. The van der Waals surface area contributed by atoms with Crippen molar-refractivity contribution < 1.29 is 22.7 Å². The Morgan fingerprint density at radius 2 is 1.29 bits per heavy atom. The van der Waals surface area contributed by atoms with Crippen LogP contribution in [-0.2, 0) is 26.2 Å². The van der Waals surface area contributed by atoms with E-state index >= 15 is 0 Å². The molecule has 2 aromatic rings. The van der Waals surface area contributed by atoms with Gasteiger partial charge >= 0.3 is 39.3 Å². The molecule has 1 aromatic carbocycles. The van der Waals surface area contributed by atoms with Gasteiger partial charge < -0.3 is 26.0 Å². The summed E-state index contributed by atoms with van der Waals surface area (Å²) in [5.74, 6) is 0.0969. The predicted octanol–water partition coefficient (Wildman–Crippen LogP) is 7.81. The number of fused-ring (bicyclic) bond motifs is 4. The van der Waals surface area contributed by atoms with Gasteiger partial charge in [-0.15, -0.1) is 13.1 Å². The quantitative estimate of drug-likeness (QED) is 0.260. The van der Waals surface area contributed by atoms with E-state index in [1.807, 2.05) is 30.3 Å². The summed E-state index contributed by atoms with van der Waals surface area (Å²) in [6.45, 7) is 2.52. The molecule has 1 aliphatic heterocycles. The molecule has 5 rings (SSSR count). The van der Waals surface area contributed by atoms with E-state index in [9.17, 15) is 4.79 Å². The number of ether oxygens (including phenoxy) is 1. The molecular weight excluding hydrogens is 564 g/mol. The van der Waals surface area contributed by atoms with Gasteiger partial charge in [-0.2, -0.15) is 37.3 Å². The topological polar surface area (TPSA) is 95.6 Å². The maximum absolute atomic E-state index is 12.7. The van der Waals surface area contributed by atoms with E-state index in [-0.39, 0.29) is 37.2 Å². The molecule has 0 spiro atoms. The number of hydrogen-bond acceptors (Lipinski definition) is 3. The molecule has 2 fully saturated rings. The molecule has 2 saturated carbocycles. The molecular formula is C28H35Cl2MnN5O2-4. The van der Waals surface area contributed by atoms with Crippen molar-refractivity contribution in [2.24, 2.45) is 0 Å². The monoisotopic (exact) mass is 598 g/mol. The Morgan fingerprint density at radius 3 is 1.87 bits per heavy atom. The summed E-state index contributed by atoms with van der Waals surface area (Å²) in [5.41, 5.74) is 2.11. The number of esters is 1. The number of carbonyl (C=O) groups excluding carboxylic acids is 1. The van der Waals surface area contributed by atoms with Crippen molar-refractivity contribution in [1.82, 2.24) is 4.98 Å². The van der Waals surface area contributed by atoms with Crippen molar-refractivity contribution in [2.75, 3.05) is 13.1 Å². The SMILES string of the molecule is O=C(Oc1ccc2nc1C[N-][C@@H]1CCCC[C@H]1[N-]CC[N-]C1CCCCC1[N-]C2)c1ccccc1.[Cl][Mn][Cl]. The van der Waals surface area contributed by atoms with Gasteiger partial charge in [0.25, 0.3) is 0 Å². The van der Waals surface area contributed by atoms with Crippen molar-refractivity contribution in [3.63, 3.8) is 0 Å². The maximum atomic E-state index is 12.7. The van der Waals surface area contributed by atoms with Crippen LogP contribution >= 0.6 is 20.2 Å². The first-order valence-corrected chi connectivity index (χ1v) is 16.7. The summed E-state index contributed by atoms with van der Waals surface area (Å²) in [6, 6.07) is 13.8. The molecule has 2 unspecified atom stereocenters. The van der Waals surface area contributed by atoms with E-state index in [0.29, 0.717) is 36.1 Å². The molecule has 2 bridgehead atoms.